The van der Waals surface area contributed by atoms with E-state index >= 15 is 0 Å². The standard InChI is InChI=1S/C16H32N2O/c1-5-13(4)15(17)16(19)18(11-10-12(2)3)14-8-6-7-9-14/h12-15H,5-11,17H2,1-4H3/t13-,15-/m0/s1. The lowest BCUT2D eigenvalue weighted by molar-refractivity contribution is -0.136. The summed E-state index contributed by atoms with van der Waals surface area (Å²) in [5.41, 5.74) is 6.15. The molecule has 2 atom stereocenters. The van der Waals surface area contributed by atoms with Crippen LogP contribution >= 0.6 is 0 Å². The molecule has 112 valence electrons. The fourth-order valence-electron chi connectivity index (χ4n) is 2.77. The number of nitrogens with zero attached hydrogens (tertiary/aromatic N) is 1. The molecule has 0 bridgehead atoms. The topological polar surface area (TPSA) is 46.3 Å². The van der Waals surface area contributed by atoms with Crippen LogP contribution in [0, 0.1) is 11.8 Å². The molecule has 3 heteroatoms. The van der Waals surface area contributed by atoms with Gasteiger partial charge in [0, 0.05) is 12.6 Å². The molecule has 1 rings (SSSR count). The third-order valence-electron chi connectivity index (χ3n) is 4.54. The highest BCUT2D eigenvalue weighted by atomic mass is 16.2. The molecule has 19 heavy (non-hydrogen) atoms. The Labute approximate surface area is 118 Å². The minimum Gasteiger partial charge on any atom is -0.338 e. The van der Waals surface area contributed by atoms with Crippen LogP contribution in [0.25, 0.3) is 0 Å². The number of rotatable bonds is 7. The molecule has 3 nitrogen and oxygen atoms in total. The smallest absolute Gasteiger partial charge is 0.240 e. The maximum atomic E-state index is 12.6. The van der Waals surface area contributed by atoms with Gasteiger partial charge in [0.25, 0.3) is 0 Å². The second kappa shape index (κ2) is 7.88. The summed E-state index contributed by atoms with van der Waals surface area (Å²) in [6, 6.07) is 0.124. The van der Waals surface area contributed by atoms with E-state index in [2.05, 4.69) is 32.6 Å². The third-order valence-corrected chi connectivity index (χ3v) is 4.54. The van der Waals surface area contributed by atoms with E-state index in [1.165, 1.54) is 12.8 Å². The zero-order chi connectivity index (χ0) is 14.4. The van der Waals surface area contributed by atoms with Crippen molar-refractivity contribution >= 4 is 5.91 Å². The summed E-state index contributed by atoms with van der Waals surface area (Å²) < 4.78 is 0. The van der Waals surface area contributed by atoms with E-state index in [-0.39, 0.29) is 17.9 Å². The molecule has 0 aromatic carbocycles. The minimum atomic E-state index is -0.322. The maximum Gasteiger partial charge on any atom is 0.240 e. The Morgan fingerprint density at radius 3 is 2.32 bits per heavy atom. The van der Waals surface area contributed by atoms with Crippen LogP contribution in [0.1, 0.15) is 66.2 Å². The van der Waals surface area contributed by atoms with Gasteiger partial charge in [0.2, 0.25) is 5.91 Å². The Kier molecular flexibility index (Phi) is 6.84. The van der Waals surface area contributed by atoms with E-state index in [0.717, 1.165) is 32.2 Å². The quantitative estimate of drug-likeness (QED) is 0.771. The summed E-state index contributed by atoms with van der Waals surface area (Å²) >= 11 is 0. The number of carbonyl (C=O) groups is 1. The Balaban J connectivity index is 2.68. The first-order valence-corrected chi connectivity index (χ1v) is 8.03. The van der Waals surface area contributed by atoms with Gasteiger partial charge in [-0.2, -0.15) is 0 Å². The third kappa shape index (κ3) is 4.79. The second-order valence-corrected chi connectivity index (χ2v) is 6.56. The molecule has 2 N–H and O–H groups in total. The zero-order valence-electron chi connectivity index (χ0n) is 13.2. The molecular weight excluding hydrogens is 236 g/mol. The first-order chi connectivity index (χ1) is 8.97. The van der Waals surface area contributed by atoms with Crippen LogP contribution in [-0.4, -0.2) is 29.4 Å². The summed E-state index contributed by atoms with van der Waals surface area (Å²) in [4.78, 5) is 14.7. The minimum absolute atomic E-state index is 0.182. The molecule has 1 fully saturated rings. The van der Waals surface area contributed by atoms with Gasteiger partial charge in [-0.1, -0.05) is 47.0 Å². The highest BCUT2D eigenvalue weighted by Crippen LogP contribution is 2.25. The van der Waals surface area contributed by atoms with Crippen molar-refractivity contribution < 1.29 is 4.79 Å². The lowest BCUT2D eigenvalue weighted by Gasteiger charge is -2.33. The van der Waals surface area contributed by atoms with Crippen molar-refractivity contribution in [3.8, 4) is 0 Å². The van der Waals surface area contributed by atoms with Crippen LogP contribution in [0.15, 0.2) is 0 Å². The Bertz CT molecular complexity index is 272. The van der Waals surface area contributed by atoms with Gasteiger partial charge in [-0.3, -0.25) is 4.79 Å². The monoisotopic (exact) mass is 268 g/mol. The number of hydrogen-bond donors (Lipinski definition) is 1. The molecule has 0 heterocycles. The highest BCUT2D eigenvalue weighted by molar-refractivity contribution is 5.82. The van der Waals surface area contributed by atoms with Gasteiger partial charge >= 0.3 is 0 Å². The summed E-state index contributed by atoms with van der Waals surface area (Å²) in [7, 11) is 0. The van der Waals surface area contributed by atoms with Crippen molar-refractivity contribution in [2.24, 2.45) is 17.6 Å². The predicted octanol–water partition coefficient (Wildman–Crippen LogP) is 3.18. The lowest BCUT2D eigenvalue weighted by Crippen LogP contribution is -2.50. The lowest BCUT2D eigenvalue weighted by atomic mass is 9.97. The summed E-state index contributed by atoms with van der Waals surface area (Å²) in [5.74, 6) is 1.09. The molecule has 0 aromatic rings. The second-order valence-electron chi connectivity index (χ2n) is 6.56. The highest BCUT2D eigenvalue weighted by Gasteiger charge is 2.31. The number of amides is 1. The van der Waals surface area contributed by atoms with Crippen molar-refractivity contribution in [1.29, 1.82) is 0 Å². The predicted molar refractivity (Wildman–Crippen MR) is 80.9 cm³/mol. The summed E-state index contributed by atoms with van der Waals surface area (Å²) in [6.45, 7) is 9.49. The van der Waals surface area contributed by atoms with Gasteiger partial charge in [-0.25, -0.2) is 0 Å². The normalized spacial score (nSPS) is 19.7. The Morgan fingerprint density at radius 2 is 1.84 bits per heavy atom. The summed E-state index contributed by atoms with van der Waals surface area (Å²) in [6.07, 6.45) is 6.89. The fraction of sp³-hybridized carbons (Fsp3) is 0.938. The van der Waals surface area contributed by atoms with Crippen molar-refractivity contribution in [2.75, 3.05) is 6.54 Å². The zero-order valence-corrected chi connectivity index (χ0v) is 13.2. The van der Waals surface area contributed by atoms with Crippen molar-refractivity contribution in [2.45, 2.75) is 78.3 Å². The van der Waals surface area contributed by atoms with Crippen LogP contribution in [-0.2, 0) is 4.79 Å². The Morgan fingerprint density at radius 1 is 1.26 bits per heavy atom. The van der Waals surface area contributed by atoms with Gasteiger partial charge in [-0.15, -0.1) is 0 Å². The molecule has 1 aliphatic rings. The van der Waals surface area contributed by atoms with Crippen LogP contribution in [0.3, 0.4) is 0 Å². The number of nitrogens with two attached hydrogens (primary N) is 1. The molecular formula is C16H32N2O. The molecule has 1 amide bonds. The van der Waals surface area contributed by atoms with Crippen LogP contribution in [0.4, 0.5) is 0 Å². The van der Waals surface area contributed by atoms with E-state index in [1.807, 2.05) is 0 Å². The molecule has 0 aromatic heterocycles. The summed E-state index contributed by atoms with van der Waals surface area (Å²) in [5, 5.41) is 0. The maximum absolute atomic E-state index is 12.6. The van der Waals surface area contributed by atoms with Crippen molar-refractivity contribution in [3.63, 3.8) is 0 Å². The molecule has 0 aliphatic heterocycles. The SMILES string of the molecule is CC[C@H](C)[C@H](N)C(=O)N(CCC(C)C)C1CCCC1. The molecule has 0 saturated heterocycles. The van der Waals surface area contributed by atoms with Gasteiger partial charge in [0.05, 0.1) is 6.04 Å². The van der Waals surface area contributed by atoms with E-state index in [9.17, 15) is 4.79 Å². The molecule has 1 aliphatic carbocycles. The van der Waals surface area contributed by atoms with Gasteiger partial charge in [0.15, 0.2) is 0 Å². The Hall–Kier alpha value is -0.570. The molecule has 0 spiro atoms. The average molecular weight is 268 g/mol. The van der Waals surface area contributed by atoms with Crippen LogP contribution in [0.5, 0.6) is 0 Å². The average Bonchev–Trinajstić information content (AvgIpc) is 2.90. The van der Waals surface area contributed by atoms with Gasteiger partial charge in [0.1, 0.15) is 0 Å². The molecule has 0 radical (unpaired) electrons. The van der Waals surface area contributed by atoms with E-state index in [1.54, 1.807) is 0 Å². The fourth-order valence-corrected chi connectivity index (χ4v) is 2.77. The van der Waals surface area contributed by atoms with Crippen LogP contribution < -0.4 is 5.73 Å². The largest absolute Gasteiger partial charge is 0.338 e. The molecule has 0 unspecified atom stereocenters. The van der Waals surface area contributed by atoms with Crippen molar-refractivity contribution in [1.82, 2.24) is 4.90 Å². The van der Waals surface area contributed by atoms with E-state index in [4.69, 9.17) is 5.73 Å². The first-order valence-electron chi connectivity index (χ1n) is 8.03. The van der Waals surface area contributed by atoms with Gasteiger partial charge < -0.3 is 10.6 Å². The number of carbonyl (C=O) groups excluding carboxylic acids is 1. The molecule has 1 saturated carbocycles. The van der Waals surface area contributed by atoms with Crippen LogP contribution in [0.2, 0.25) is 0 Å². The van der Waals surface area contributed by atoms with Gasteiger partial charge in [-0.05, 0) is 31.1 Å². The van der Waals surface area contributed by atoms with Crippen molar-refractivity contribution in [3.05, 3.63) is 0 Å². The first kappa shape index (κ1) is 16.5. The van der Waals surface area contributed by atoms with E-state index in [0.29, 0.717) is 12.0 Å². The van der Waals surface area contributed by atoms with E-state index < -0.39 is 0 Å². The number of hydrogen-bond acceptors (Lipinski definition) is 2.